The fourth-order valence-electron chi connectivity index (χ4n) is 3.04. The molecule has 0 aliphatic carbocycles. The molecule has 0 unspecified atom stereocenters. The molecular formula is C23H25NO3. The lowest BCUT2D eigenvalue weighted by Gasteiger charge is -2.03. The number of aryl methyl sites for hydroxylation is 1. The van der Waals surface area contributed by atoms with Gasteiger partial charge in [-0.15, -0.1) is 0 Å². The standard InChI is InChI=1S/C23H25NO3/c1-3-4-5-6-9-17-12-14-18(15-13-17)22-24-20(23(25)27-22)16-19-10-7-8-11-21(19)26-2/h7-8,10-16H,3-6,9H2,1-2H3/b20-16-. The van der Waals surface area contributed by atoms with E-state index in [2.05, 4.69) is 24.0 Å². The monoisotopic (exact) mass is 363 g/mol. The van der Waals surface area contributed by atoms with E-state index < -0.39 is 5.97 Å². The molecule has 0 fully saturated rings. The van der Waals surface area contributed by atoms with Crippen LogP contribution in [0.5, 0.6) is 5.75 Å². The molecule has 0 bridgehead atoms. The van der Waals surface area contributed by atoms with Crippen LogP contribution in [0.25, 0.3) is 6.08 Å². The Morgan fingerprint density at radius 3 is 2.56 bits per heavy atom. The number of para-hydroxylation sites is 1. The van der Waals surface area contributed by atoms with Crippen molar-refractivity contribution in [2.75, 3.05) is 7.11 Å². The minimum Gasteiger partial charge on any atom is -0.496 e. The lowest BCUT2D eigenvalue weighted by molar-refractivity contribution is -0.129. The van der Waals surface area contributed by atoms with Crippen molar-refractivity contribution in [3.63, 3.8) is 0 Å². The Morgan fingerprint density at radius 2 is 1.81 bits per heavy atom. The molecule has 0 N–H and O–H groups in total. The van der Waals surface area contributed by atoms with Gasteiger partial charge in [-0.2, -0.15) is 0 Å². The normalized spacial score (nSPS) is 15.0. The predicted octanol–water partition coefficient (Wildman–Crippen LogP) is 5.16. The highest BCUT2D eigenvalue weighted by Crippen LogP contribution is 2.24. The second-order valence-corrected chi connectivity index (χ2v) is 6.59. The van der Waals surface area contributed by atoms with Gasteiger partial charge in [-0.05, 0) is 42.7 Å². The molecule has 2 aromatic carbocycles. The molecule has 0 amide bonds. The molecule has 0 aromatic heterocycles. The van der Waals surface area contributed by atoms with E-state index in [0.29, 0.717) is 11.6 Å². The third-order valence-electron chi connectivity index (χ3n) is 4.57. The summed E-state index contributed by atoms with van der Waals surface area (Å²) in [4.78, 5) is 16.6. The van der Waals surface area contributed by atoms with Crippen LogP contribution in [0.3, 0.4) is 0 Å². The number of cyclic esters (lactones) is 1. The zero-order valence-corrected chi connectivity index (χ0v) is 15.9. The highest BCUT2D eigenvalue weighted by atomic mass is 16.6. The van der Waals surface area contributed by atoms with Gasteiger partial charge in [-0.25, -0.2) is 9.79 Å². The highest BCUT2D eigenvalue weighted by molar-refractivity contribution is 6.12. The van der Waals surface area contributed by atoms with E-state index in [9.17, 15) is 4.79 Å². The smallest absolute Gasteiger partial charge is 0.363 e. The van der Waals surface area contributed by atoms with Crippen molar-refractivity contribution in [1.29, 1.82) is 0 Å². The number of unbranched alkanes of at least 4 members (excludes halogenated alkanes) is 3. The molecule has 0 atom stereocenters. The summed E-state index contributed by atoms with van der Waals surface area (Å²) in [5.74, 6) is 0.590. The van der Waals surface area contributed by atoms with Gasteiger partial charge in [0.2, 0.25) is 5.90 Å². The summed E-state index contributed by atoms with van der Waals surface area (Å²) in [6.45, 7) is 2.22. The number of nitrogens with zero attached hydrogens (tertiary/aromatic N) is 1. The number of esters is 1. The second-order valence-electron chi connectivity index (χ2n) is 6.59. The van der Waals surface area contributed by atoms with Crippen LogP contribution >= 0.6 is 0 Å². The van der Waals surface area contributed by atoms with Crippen molar-refractivity contribution in [3.05, 3.63) is 70.9 Å². The predicted molar refractivity (Wildman–Crippen MR) is 108 cm³/mol. The Balaban J connectivity index is 1.73. The molecule has 1 heterocycles. The molecule has 4 nitrogen and oxygen atoms in total. The van der Waals surface area contributed by atoms with Crippen molar-refractivity contribution in [2.24, 2.45) is 4.99 Å². The first-order valence-electron chi connectivity index (χ1n) is 9.46. The number of carbonyl (C=O) groups is 1. The minimum absolute atomic E-state index is 0.276. The van der Waals surface area contributed by atoms with Crippen LogP contribution in [0.2, 0.25) is 0 Å². The van der Waals surface area contributed by atoms with E-state index in [1.807, 2.05) is 36.4 Å². The largest absolute Gasteiger partial charge is 0.496 e. The van der Waals surface area contributed by atoms with Gasteiger partial charge in [0, 0.05) is 11.1 Å². The first-order valence-corrected chi connectivity index (χ1v) is 9.46. The number of rotatable bonds is 8. The Labute approximate surface area is 160 Å². The van der Waals surface area contributed by atoms with Crippen molar-refractivity contribution in [1.82, 2.24) is 0 Å². The molecule has 2 aromatic rings. The number of hydrogen-bond donors (Lipinski definition) is 0. The van der Waals surface area contributed by atoms with Gasteiger partial charge >= 0.3 is 5.97 Å². The van der Waals surface area contributed by atoms with Crippen LogP contribution in [-0.2, 0) is 16.0 Å². The van der Waals surface area contributed by atoms with Gasteiger partial charge in [0.15, 0.2) is 5.70 Å². The zero-order chi connectivity index (χ0) is 19.1. The van der Waals surface area contributed by atoms with E-state index in [1.165, 1.54) is 31.2 Å². The van der Waals surface area contributed by atoms with Gasteiger partial charge in [-0.1, -0.05) is 56.5 Å². The van der Waals surface area contributed by atoms with Gasteiger partial charge in [0.05, 0.1) is 7.11 Å². The van der Waals surface area contributed by atoms with Crippen LogP contribution < -0.4 is 4.74 Å². The van der Waals surface area contributed by atoms with E-state index in [0.717, 1.165) is 17.5 Å². The fourth-order valence-corrected chi connectivity index (χ4v) is 3.04. The Kier molecular flexibility index (Phi) is 6.42. The zero-order valence-electron chi connectivity index (χ0n) is 15.9. The molecule has 27 heavy (non-hydrogen) atoms. The van der Waals surface area contributed by atoms with Crippen molar-refractivity contribution >= 4 is 17.9 Å². The average Bonchev–Trinajstić information content (AvgIpc) is 3.06. The van der Waals surface area contributed by atoms with Crippen LogP contribution in [0, 0.1) is 0 Å². The topological polar surface area (TPSA) is 47.9 Å². The van der Waals surface area contributed by atoms with Crippen LogP contribution in [0.4, 0.5) is 0 Å². The summed E-state index contributed by atoms with van der Waals surface area (Å²) >= 11 is 0. The number of aliphatic imine (C=N–C) groups is 1. The molecular weight excluding hydrogens is 338 g/mol. The summed E-state index contributed by atoms with van der Waals surface area (Å²) in [6, 6.07) is 15.6. The van der Waals surface area contributed by atoms with Crippen LogP contribution in [0.15, 0.2) is 59.2 Å². The quantitative estimate of drug-likeness (QED) is 0.370. The Bertz CT molecular complexity index is 850. The van der Waals surface area contributed by atoms with Crippen molar-refractivity contribution in [2.45, 2.75) is 39.0 Å². The maximum atomic E-state index is 12.2. The number of methoxy groups -OCH3 is 1. The SMILES string of the molecule is CCCCCCc1ccc(C2=N/C(=C\c3ccccc3OC)C(=O)O2)cc1. The molecule has 0 saturated heterocycles. The first kappa shape index (κ1) is 18.9. The minimum atomic E-state index is -0.445. The third-order valence-corrected chi connectivity index (χ3v) is 4.57. The van der Waals surface area contributed by atoms with Crippen LogP contribution in [0.1, 0.15) is 49.3 Å². The molecule has 0 radical (unpaired) electrons. The van der Waals surface area contributed by atoms with E-state index >= 15 is 0 Å². The number of hydrogen-bond acceptors (Lipinski definition) is 4. The molecule has 0 spiro atoms. The lowest BCUT2D eigenvalue weighted by atomic mass is 10.0. The average molecular weight is 363 g/mol. The number of ether oxygens (including phenoxy) is 2. The van der Waals surface area contributed by atoms with Crippen molar-refractivity contribution in [3.8, 4) is 5.75 Å². The third kappa shape index (κ3) is 4.85. The van der Waals surface area contributed by atoms with Crippen molar-refractivity contribution < 1.29 is 14.3 Å². The van der Waals surface area contributed by atoms with E-state index in [-0.39, 0.29) is 5.70 Å². The summed E-state index contributed by atoms with van der Waals surface area (Å²) < 4.78 is 10.7. The molecule has 3 rings (SSSR count). The fraction of sp³-hybridized carbons (Fsp3) is 0.304. The second kappa shape index (κ2) is 9.17. The Morgan fingerprint density at radius 1 is 1.04 bits per heavy atom. The number of benzene rings is 2. The van der Waals surface area contributed by atoms with Gasteiger partial charge in [0.1, 0.15) is 5.75 Å². The maximum absolute atomic E-state index is 12.2. The molecule has 1 aliphatic rings. The van der Waals surface area contributed by atoms with Gasteiger partial charge < -0.3 is 9.47 Å². The van der Waals surface area contributed by atoms with E-state index in [4.69, 9.17) is 9.47 Å². The summed E-state index contributed by atoms with van der Waals surface area (Å²) in [5.41, 5.74) is 3.17. The van der Waals surface area contributed by atoms with Gasteiger partial charge in [0.25, 0.3) is 0 Å². The highest BCUT2D eigenvalue weighted by Gasteiger charge is 2.24. The summed E-state index contributed by atoms with van der Waals surface area (Å²) in [7, 11) is 1.60. The molecule has 140 valence electrons. The first-order chi connectivity index (χ1) is 13.2. The lowest BCUT2D eigenvalue weighted by Crippen LogP contribution is -2.05. The Hall–Kier alpha value is -2.88. The molecule has 4 heteroatoms. The summed E-state index contributed by atoms with van der Waals surface area (Å²) in [5, 5.41) is 0. The number of carbonyl (C=O) groups excluding carboxylic acids is 1. The van der Waals surface area contributed by atoms with Gasteiger partial charge in [-0.3, -0.25) is 0 Å². The maximum Gasteiger partial charge on any atom is 0.363 e. The molecule has 1 aliphatic heterocycles. The van der Waals surface area contributed by atoms with Crippen LogP contribution in [-0.4, -0.2) is 19.0 Å². The molecule has 0 saturated carbocycles. The van der Waals surface area contributed by atoms with E-state index in [1.54, 1.807) is 13.2 Å². The summed E-state index contributed by atoms with van der Waals surface area (Å²) in [6.07, 6.45) is 7.76.